The third-order valence-electron chi connectivity index (χ3n) is 5.93. The number of H-pyrrole nitrogens is 1. The summed E-state index contributed by atoms with van der Waals surface area (Å²) in [4.78, 5) is 31.6. The van der Waals surface area contributed by atoms with Crippen molar-refractivity contribution < 1.29 is 27.6 Å². The molecule has 2 aromatic carbocycles. The molecule has 0 bridgehead atoms. The van der Waals surface area contributed by atoms with Gasteiger partial charge in [-0.3, -0.25) is 14.9 Å². The van der Waals surface area contributed by atoms with Crippen molar-refractivity contribution in [3.8, 4) is 11.5 Å². The summed E-state index contributed by atoms with van der Waals surface area (Å²) in [6.07, 6.45) is 3.05. The highest BCUT2D eigenvalue weighted by Crippen LogP contribution is 2.38. The Labute approximate surface area is 210 Å². The summed E-state index contributed by atoms with van der Waals surface area (Å²) in [5.74, 6) is -1.03. The molecule has 1 fully saturated rings. The third kappa shape index (κ3) is 4.57. The number of nitrogens with two attached hydrogens (primary N) is 1. The molecule has 0 radical (unpaired) electrons. The maximum Gasteiger partial charge on any atom is 0.293 e. The monoisotopic (exact) mass is 523 g/mol. The van der Waals surface area contributed by atoms with Gasteiger partial charge in [0, 0.05) is 30.7 Å². The van der Waals surface area contributed by atoms with E-state index >= 15 is 0 Å². The van der Waals surface area contributed by atoms with E-state index in [1.807, 2.05) is 0 Å². The number of anilines is 1. The first-order valence-electron chi connectivity index (χ1n) is 11.2. The van der Waals surface area contributed by atoms with Crippen LogP contribution in [-0.4, -0.2) is 55.5 Å². The van der Waals surface area contributed by atoms with E-state index in [2.05, 4.69) is 9.97 Å². The molecule has 1 saturated heterocycles. The van der Waals surface area contributed by atoms with Crippen molar-refractivity contribution in [3.63, 3.8) is 0 Å². The van der Waals surface area contributed by atoms with Gasteiger partial charge in [-0.1, -0.05) is 6.07 Å². The second-order valence-corrected chi connectivity index (χ2v) is 10.1. The van der Waals surface area contributed by atoms with Gasteiger partial charge in [0.15, 0.2) is 5.75 Å². The van der Waals surface area contributed by atoms with Crippen LogP contribution in [0.4, 0.5) is 11.4 Å². The van der Waals surface area contributed by atoms with Gasteiger partial charge in [-0.05, 0) is 36.4 Å². The van der Waals surface area contributed by atoms with Crippen molar-refractivity contribution in [1.82, 2.24) is 9.97 Å². The number of para-hydroxylation sites is 1. The Morgan fingerprint density at radius 3 is 2.68 bits per heavy atom. The Balaban J connectivity index is 1.61. The number of nitrogens with one attached hydrogen (secondary N) is 1. The van der Waals surface area contributed by atoms with Gasteiger partial charge in [-0.25, -0.2) is 13.4 Å². The molecule has 0 unspecified atom stereocenters. The van der Waals surface area contributed by atoms with Crippen LogP contribution in [0.3, 0.4) is 0 Å². The van der Waals surface area contributed by atoms with Crippen molar-refractivity contribution in [1.29, 1.82) is 0 Å². The van der Waals surface area contributed by atoms with Gasteiger partial charge >= 0.3 is 0 Å². The number of aromatic amines is 1. The zero-order chi connectivity index (χ0) is 26.2. The first-order valence-corrected chi connectivity index (χ1v) is 12.6. The number of hydrogen-bond donors (Lipinski definition) is 2. The van der Waals surface area contributed by atoms with Crippen molar-refractivity contribution in [2.24, 2.45) is 5.73 Å². The Hall–Kier alpha value is -4.49. The molecule has 3 heterocycles. The molecule has 0 saturated carbocycles. The molecule has 1 amide bonds. The summed E-state index contributed by atoms with van der Waals surface area (Å²) in [5.41, 5.74) is 5.87. The van der Waals surface area contributed by atoms with E-state index in [4.69, 9.17) is 15.2 Å². The normalized spacial score (nSPS) is 14.0. The summed E-state index contributed by atoms with van der Waals surface area (Å²) in [6.45, 7) is 1.68. The molecular weight excluding hydrogens is 502 g/mol. The van der Waals surface area contributed by atoms with E-state index < -0.39 is 20.7 Å². The molecule has 13 heteroatoms. The highest BCUT2D eigenvalue weighted by atomic mass is 32.2. The number of carbonyl (C=O) groups excluding carboxylic acids is 1. The number of nitro benzene ring substituents is 1. The number of carbonyl (C=O) groups is 1. The van der Waals surface area contributed by atoms with Crippen molar-refractivity contribution in [2.45, 2.75) is 9.79 Å². The minimum Gasteiger partial charge on any atom is -0.453 e. The summed E-state index contributed by atoms with van der Waals surface area (Å²) >= 11 is 0. The number of benzene rings is 2. The predicted molar refractivity (Wildman–Crippen MR) is 133 cm³/mol. The number of rotatable bonds is 7. The quantitative estimate of drug-likeness (QED) is 0.273. The van der Waals surface area contributed by atoms with Crippen LogP contribution in [0.25, 0.3) is 11.0 Å². The lowest BCUT2D eigenvalue weighted by molar-refractivity contribution is -0.384. The van der Waals surface area contributed by atoms with E-state index in [-0.39, 0.29) is 32.5 Å². The van der Waals surface area contributed by atoms with Gasteiger partial charge in [-0.2, -0.15) is 0 Å². The lowest BCUT2D eigenvalue weighted by Crippen LogP contribution is -2.36. The Morgan fingerprint density at radius 1 is 1.16 bits per heavy atom. The largest absolute Gasteiger partial charge is 0.453 e. The molecule has 5 rings (SSSR count). The topological polar surface area (TPSA) is 171 Å². The number of nitrogens with zero attached hydrogens (tertiary/aromatic N) is 3. The molecule has 2 aromatic heterocycles. The molecule has 4 aromatic rings. The average Bonchev–Trinajstić information content (AvgIpc) is 3.36. The zero-order valence-corrected chi connectivity index (χ0v) is 20.1. The van der Waals surface area contributed by atoms with Crippen LogP contribution in [0.1, 0.15) is 10.4 Å². The minimum atomic E-state index is -4.39. The number of hydrogen-bond acceptors (Lipinski definition) is 9. The van der Waals surface area contributed by atoms with Gasteiger partial charge in [-0.15, -0.1) is 0 Å². The molecule has 0 aliphatic carbocycles. The number of fused-ring (bicyclic) bond motifs is 1. The lowest BCUT2D eigenvalue weighted by Gasteiger charge is -2.28. The fourth-order valence-corrected chi connectivity index (χ4v) is 5.56. The van der Waals surface area contributed by atoms with E-state index in [9.17, 15) is 23.3 Å². The molecule has 3 N–H and O–H groups in total. The first kappa shape index (κ1) is 24.2. The number of sulfone groups is 1. The molecule has 1 aliphatic rings. The van der Waals surface area contributed by atoms with E-state index in [1.165, 1.54) is 36.5 Å². The molecule has 0 atom stereocenters. The number of pyridine rings is 1. The van der Waals surface area contributed by atoms with E-state index in [0.717, 1.165) is 6.07 Å². The average molecular weight is 524 g/mol. The number of amides is 1. The summed E-state index contributed by atoms with van der Waals surface area (Å²) in [7, 11) is -4.39. The Kier molecular flexibility index (Phi) is 6.23. The second-order valence-electron chi connectivity index (χ2n) is 8.20. The number of morpholine rings is 1. The molecule has 37 heavy (non-hydrogen) atoms. The van der Waals surface area contributed by atoms with E-state index in [1.54, 1.807) is 23.2 Å². The van der Waals surface area contributed by atoms with E-state index in [0.29, 0.717) is 43.0 Å². The maximum atomic E-state index is 13.7. The van der Waals surface area contributed by atoms with Crippen molar-refractivity contribution in [2.75, 3.05) is 31.2 Å². The van der Waals surface area contributed by atoms with Crippen LogP contribution >= 0.6 is 0 Å². The van der Waals surface area contributed by atoms with Crippen LogP contribution in [0.2, 0.25) is 0 Å². The Morgan fingerprint density at radius 2 is 1.95 bits per heavy atom. The Bertz CT molecular complexity index is 1630. The third-order valence-corrected chi connectivity index (χ3v) is 7.71. The zero-order valence-electron chi connectivity index (χ0n) is 19.3. The van der Waals surface area contributed by atoms with Gasteiger partial charge in [0.2, 0.25) is 9.84 Å². The van der Waals surface area contributed by atoms with Crippen molar-refractivity contribution in [3.05, 3.63) is 76.6 Å². The molecular formula is C24H21N5O7S. The standard InChI is InChI=1S/C24H21N5O7S/c25-23(30)18-2-1-3-21(22(18)36-16-12-15-6-7-26-24(15)27-14-16)37(33,34)17-4-5-19(20(13-17)29(31)32)28-8-10-35-11-9-28/h1-7,12-14H,8-11H2,(H2,25,30)(H,26,27). The SMILES string of the molecule is NC(=O)c1cccc(S(=O)(=O)c2ccc(N3CCOCC3)c([N+](=O)[O-])c2)c1Oc1cnc2[nH]ccc2c1. The van der Waals surface area contributed by atoms with Gasteiger partial charge in [0.25, 0.3) is 11.6 Å². The van der Waals surface area contributed by atoms with Crippen LogP contribution in [0, 0.1) is 10.1 Å². The van der Waals surface area contributed by atoms with Crippen LogP contribution in [0.15, 0.2) is 70.7 Å². The number of primary amides is 1. The fourth-order valence-electron chi connectivity index (χ4n) is 4.14. The summed E-state index contributed by atoms with van der Waals surface area (Å²) in [5, 5.41) is 12.6. The number of aromatic nitrogens is 2. The number of nitro groups is 1. The minimum absolute atomic E-state index is 0.172. The molecule has 190 valence electrons. The number of ether oxygens (including phenoxy) is 2. The highest BCUT2D eigenvalue weighted by molar-refractivity contribution is 7.91. The second kappa shape index (κ2) is 9.52. The summed E-state index contributed by atoms with van der Waals surface area (Å²) in [6, 6.07) is 11.0. The van der Waals surface area contributed by atoms with Crippen LogP contribution < -0.4 is 15.4 Å². The smallest absolute Gasteiger partial charge is 0.293 e. The van der Waals surface area contributed by atoms with Gasteiger partial charge < -0.3 is 25.1 Å². The predicted octanol–water partition coefficient (Wildman–Crippen LogP) is 3.03. The first-order chi connectivity index (χ1) is 17.8. The maximum absolute atomic E-state index is 13.7. The highest BCUT2D eigenvalue weighted by Gasteiger charge is 2.30. The molecule has 12 nitrogen and oxygen atoms in total. The van der Waals surface area contributed by atoms with Gasteiger partial charge in [0.1, 0.15) is 22.0 Å². The van der Waals surface area contributed by atoms with Crippen molar-refractivity contribution >= 4 is 38.2 Å². The lowest BCUT2D eigenvalue weighted by atomic mass is 10.2. The summed E-state index contributed by atoms with van der Waals surface area (Å²) < 4.78 is 38.7. The fraction of sp³-hybridized carbons (Fsp3) is 0.167. The van der Waals surface area contributed by atoms with Crippen LogP contribution in [0.5, 0.6) is 11.5 Å². The van der Waals surface area contributed by atoms with Gasteiger partial charge in [0.05, 0.1) is 34.8 Å². The molecule has 1 aliphatic heterocycles. The molecule has 0 spiro atoms. The van der Waals surface area contributed by atoms with Crippen LogP contribution in [-0.2, 0) is 14.6 Å².